The number of hydrogen-bond donors (Lipinski definition) is 1. The molecule has 2 aliphatic rings. The molecule has 0 unspecified atom stereocenters. The monoisotopic (exact) mass is 389 g/mol. The van der Waals surface area contributed by atoms with E-state index in [0.29, 0.717) is 19.4 Å². The van der Waals surface area contributed by atoms with Crippen LogP contribution in [0.5, 0.6) is 0 Å². The summed E-state index contributed by atoms with van der Waals surface area (Å²) in [5.41, 5.74) is 0.863. The van der Waals surface area contributed by atoms with Gasteiger partial charge < -0.3 is 19.7 Å². The van der Waals surface area contributed by atoms with Crippen molar-refractivity contribution in [1.82, 2.24) is 15.1 Å². The van der Waals surface area contributed by atoms with Gasteiger partial charge in [-0.2, -0.15) is 0 Å². The number of nitrogens with one attached hydrogen (secondary N) is 1. The number of carbonyl (C=O) groups is 4. The number of rotatable bonds is 6. The highest BCUT2D eigenvalue weighted by Crippen LogP contribution is 2.20. The Morgan fingerprint density at radius 2 is 1.96 bits per heavy atom. The second-order valence-electron chi connectivity index (χ2n) is 6.75. The van der Waals surface area contributed by atoms with Crippen LogP contribution in [0.25, 0.3) is 0 Å². The van der Waals surface area contributed by atoms with Gasteiger partial charge in [-0.05, 0) is 18.4 Å². The lowest BCUT2D eigenvalue weighted by Gasteiger charge is -2.38. The van der Waals surface area contributed by atoms with Crippen molar-refractivity contribution in [2.45, 2.75) is 31.5 Å². The van der Waals surface area contributed by atoms with Crippen LogP contribution >= 0.6 is 0 Å². The Hall–Kier alpha value is -3.10. The Balaban J connectivity index is 1.48. The number of likely N-dealkylation sites (tertiary alicyclic amines) is 2. The summed E-state index contributed by atoms with van der Waals surface area (Å²) >= 11 is 0. The predicted molar refractivity (Wildman–Crippen MR) is 96.9 cm³/mol. The quantitative estimate of drug-likeness (QED) is 0.554. The molecule has 2 fully saturated rings. The minimum atomic E-state index is -0.681. The van der Waals surface area contributed by atoms with Gasteiger partial charge in [-0.1, -0.05) is 30.3 Å². The molecule has 0 bridgehead atoms. The van der Waals surface area contributed by atoms with Crippen molar-refractivity contribution >= 4 is 23.9 Å². The van der Waals surface area contributed by atoms with Crippen LogP contribution in [-0.4, -0.2) is 72.5 Å². The Kier molecular flexibility index (Phi) is 6.13. The standard InChI is InChI=1S/C19H23N3O6/c1-27-16(23)11-21-10-14(18(21)25)20-17(24)15-8-5-9-22(15)19(26)28-12-13-6-3-2-4-7-13/h2-4,6-7,14-15H,5,8-12H2,1H3,(H,20,24)/t14-,15+/m1/s1. The number of esters is 1. The van der Waals surface area contributed by atoms with E-state index in [9.17, 15) is 19.2 Å². The number of benzene rings is 1. The minimum absolute atomic E-state index is 0.133. The van der Waals surface area contributed by atoms with Gasteiger partial charge in [0, 0.05) is 6.54 Å². The molecular formula is C19H23N3O6. The summed E-state index contributed by atoms with van der Waals surface area (Å²) in [6, 6.07) is 7.95. The molecule has 9 heteroatoms. The Labute approximate surface area is 162 Å². The molecule has 2 saturated heterocycles. The first-order valence-electron chi connectivity index (χ1n) is 9.13. The molecule has 0 aromatic heterocycles. The fourth-order valence-electron chi connectivity index (χ4n) is 3.29. The smallest absolute Gasteiger partial charge is 0.410 e. The van der Waals surface area contributed by atoms with Gasteiger partial charge in [0.25, 0.3) is 0 Å². The molecule has 0 aliphatic carbocycles. The average molecular weight is 389 g/mol. The highest BCUT2D eigenvalue weighted by atomic mass is 16.6. The van der Waals surface area contributed by atoms with Crippen molar-refractivity contribution in [3.8, 4) is 0 Å². The molecule has 1 aromatic carbocycles. The van der Waals surface area contributed by atoms with E-state index in [-0.39, 0.29) is 31.5 Å². The van der Waals surface area contributed by atoms with Crippen molar-refractivity contribution in [3.63, 3.8) is 0 Å². The van der Waals surface area contributed by atoms with Crippen molar-refractivity contribution in [1.29, 1.82) is 0 Å². The first kappa shape index (κ1) is 19.7. The van der Waals surface area contributed by atoms with E-state index in [1.54, 1.807) is 0 Å². The molecule has 150 valence electrons. The van der Waals surface area contributed by atoms with Gasteiger partial charge in [0.15, 0.2) is 0 Å². The molecule has 3 rings (SSSR count). The molecule has 2 heterocycles. The van der Waals surface area contributed by atoms with Crippen LogP contribution in [0.15, 0.2) is 30.3 Å². The van der Waals surface area contributed by atoms with Crippen LogP contribution in [0.3, 0.4) is 0 Å². The Morgan fingerprint density at radius 3 is 2.64 bits per heavy atom. The summed E-state index contributed by atoms with van der Waals surface area (Å²) in [7, 11) is 1.25. The van der Waals surface area contributed by atoms with E-state index in [0.717, 1.165) is 5.56 Å². The molecule has 0 saturated carbocycles. The van der Waals surface area contributed by atoms with Crippen molar-refractivity contribution in [2.24, 2.45) is 0 Å². The highest BCUT2D eigenvalue weighted by molar-refractivity contribution is 5.96. The van der Waals surface area contributed by atoms with E-state index >= 15 is 0 Å². The number of hydrogen-bond acceptors (Lipinski definition) is 6. The number of nitrogens with zero attached hydrogens (tertiary/aromatic N) is 2. The van der Waals surface area contributed by atoms with Crippen LogP contribution < -0.4 is 5.32 Å². The van der Waals surface area contributed by atoms with Gasteiger partial charge in [0.2, 0.25) is 11.8 Å². The van der Waals surface area contributed by atoms with Crippen LogP contribution in [0, 0.1) is 0 Å². The SMILES string of the molecule is COC(=O)CN1C[C@@H](NC(=O)[C@@H]2CCCN2C(=O)OCc2ccccc2)C1=O. The second-order valence-corrected chi connectivity index (χ2v) is 6.75. The van der Waals surface area contributed by atoms with Crippen molar-refractivity contribution in [2.75, 3.05) is 26.7 Å². The number of β-lactam (4-membered cyclic amide) rings is 1. The lowest BCUT2D eigenvalue weighted by atomic mass is 10.1. The maximum Gasteiger partial charge on any atom is 0.410 e. The maximum atomic E-state index is 12.5. The van der Waals surface area contributed by atoms with Gasteiger partial charge in [-0.15, -0.1) is 0 Å². The Morgan fingerprint density at radius 1 is 1.21 bits per heavy atom. The third-order valence-corrected chi connectivity index (χ3v) is 4.87. The van der Waals surface area contributed by atoms with E-state index in [1.165, 1.54) is 16.9 Å². The first-order chi connectivity index (χ1) is 13.5. The predicted octanol–water partition coefficient (Wildman–Crippen LogP) is 0.288. The fraction of sp³-hybridized carbons (Fsp3) is 0.474. The molecule has 28 heavy (non-hydrogen) atoms. The van der Waals surface area contributed by atoms with E-state index in [2.05, 4.69) is 10.1 Å². The van der Waals surface area contributed by atoms with Crippen molar-refractivity contribution in [3.05, 3.63) is 35.9 Å². The minimum Gasteiger partial charge on any atom is -0.468 e. The first-order valence-corrected chi connectivity index (χ1v) is 9.13. The second kappa shape index (κ2) is 8.73. The highest BCUT2D eigenvalue weighted by Gasteiger charge is 2.42. The summed E-state index contributed by atoms with van der Waals surface area (Å²) < 4.78 is 9.83. The summed E-state index contributed by atoms with van der Waals surface area (Å²) in [4.78, 5) is 50.9. The fourth-order valence-corrected chi connectivity index (χ4v) is 3.29. The third kappa shape index (κ3) is 4.41. The van der Waals surface area contributed by atoms with Gasteiger partial charge in [-0.25, -0.2) is 4.79 Å². The van der Waals surface area contributed by atoms with Gasteiger partial charge >= 0.3 is 12.1 Å². The lowest BCUT2D eigenvalue weighted by Crippen LogP contribution is -2.66. The number of ether oxygens (including phenoxy) is 2. The van der Waals surface area contributed by atoms with Crippen LogP contribution in [-0.2, 0) is 30.5 Å². The molecule has 1 aromatic rings. The maximum absolute atomic E-state index is 12.5. The molecule has 0 spiro atoms. The zero-order chi connectivity index (χ0) is 20.1. The largest absolute Gasteiger partial charge is 0.468 e. The Bertz CT molecular complexity index is 753. The zero-order valence-electron chi connectivity index (χ0n) is 15.6. The topological polar surface area (TPSA) is 105 Å². The van der Waals surface area contributed by atoms with E-state index in [4.69, 9.17) is 4.74 Å². The van der Waals surface area contributed by atoms with Crippen LogP contribution in [0.2, 0.25) is 0 Å². The zero-order valence-corrected chi connectivity index (χ0v) is 15.6. The molecule has 2 aliphatic heterocycles. The molecule has 3 amide bonds. The van der Waals surface area contributed by atoms with E-state index in [1.807, 2.05) is 30.3 Å². The average Bonchev–Trinajstić information content (AvgIpc) is 3.21. The van der Waals surface area contributed by atoms with Gasteiger partial charge in [0.05, 0.1) is 13.7 Å². The molecular weight excluding hydrogens is 366 g/mol. The summed E-state index contributed by atoms with van der Waals surface area (Å²) in [5, 5.41) is 2.66. The molecule has 0 radical (unpaired) electrons. The molecule has 9 nitrogen and oxygen atoms in total. The van der Waals surface area contributed by atoms with Crippen molar-refractivity contribution < 1.29 is 28.7 Å². The van der Waals surface area contributed by atoms with Crippen LogP contribution in [0.4, 0.5) is 4.79 Å². The number of amides is 3. The summed E-state index contributed by atoms with van der Waals surface area (Å²) in [5.74, 6) is -1.23. The molecule has 1 N–H and O–H groups in total. The normalized spacial score (nSPS) is 21.1. The van der Waals surface area contributed by atoms with Gasteiger partial charge in [-0.3, -0.25) is 19.3 Å². The summed E-state index contributed by atoms with van der Waals surface area (Å²) in [6.07, 6.45) is 0.652. The summed E-state index contributed by atoms with van der Waals surface area (Å²) in [6.45, 7) is 0.667. The van der Waals surface area contributed by atoms with Crippen LogP contribution in [0.1, 0.15) is 18.4 Å². The third-order valence-electron chi connectivity index (χ3n) is 4.87. The van der Waals surface area contributed by atoms with Gasteiger partial charge in [0.1, 0.15) is 25.2 Å². The lowest BCUT2D eigenvalue weighted by molar-refractivity contribution is -0.155. The number of carbonyl (C=O) groups excluding carboxylic acids is 4. The number of methoxy groups -OCH3 is 1. The molecule has 2 atom stereocenters. The van der Waals surface area contributed by atoms with E-state index < -0.39 is 24.1 Å².